The Morgan fingerprint density at radius 3 is 3.00 bits per heavy atom. The van der Waals surface area contributed by atoms with Crippen LogP contribution in [-0.2, 0) is 19.4 Å². The molecule has 0 fully saturated rings. The maximum Gasteiger partial charge on any atom is 0.193 e. The normalized spacial score (nSPS) is 14.1. The molecule has 0 unspecified atom stereocenters. The van der Waals surface area contributed by atoms with Crippen LogP contribution >= 0.6 is 24.0 Å². The van der Waals surface area contributed by atoms with Crippen LogP contribution in [0.1, 0.15) is 24.0 Å². The highest BCUT2D eigenvalue weighted by Crippen LogP contribution is 2.27. The first-order valence-corrected chi connectivity index (χ1v) is 7.33. The fraction of sp³-hybridized carbons (Fsp3) is 0.400. The van der Waals surface area contributed by atoms with Gasteiger partial charge in [-0.15, -0.1) is 24.0 Å². The standard InChI is InChI=1S/C15H20N6.HI/c16-15(18-8-9-21-11-17-10-19-21)20-14-7-3-5-12-4-1-2-6-13(12)14;/h3,5,7,10-11H,1-2,4,6,8-9H2,(H3,16,18,20);1H. The second-order valence-electron chi connectivity index (χ2n) is 5.20. The number of benzene rings is 1. The lowest BCUT2D eigenvalue weighted by Crippen LogP contribution is -2.24. The van der Waals surface area contributed by atoms with Crippen LogP contribution in [0, 0.1) is 0 Å². The summed E-state index contributed by atoms with van der Waals surface area (Å²) in [5, 5.41) is 7.26. The van der Waals surface area contributed by atoms with Crippen LogP contribution in [0.5, 0.6) is 0 Å². The number of halogens is 1. The number of aromatic nitrogens is 3. The third-order valence-electron chi connectivity index (χ3n) is 3.74. The number of guanidine groups is 1. The molecule has 0 spiro atoms. The summed E-state index contributed by atoms with van der Waals surface area (Å²) in [7, 11) is 0. The van der Waals surface area contributed by atoms with E-state index in [1.54, 1.807) is 11.0 Å². The molecule has 0 radical (unpaired) electrons. The van der Waals surface area contributed by atoms with Crippen molar-refractivity contribution in [2.24, 2.45) is 10.7 Å². The molecule has 0 amide bonds. The van der Waals surface area contributed by atoms with E-state index in [4.69, 9.17) is 5.73 Å². The van der Waals surface area contributed by atoms with Crippen LogP contribution in [0.4, 0.5) is 5.69 Å². The Kier molecular flexibility index (Phi) is 6.17. The molecule has 0 saturated carbocycles. The second-order valence-corrected chi connectivity index (χ2v) is 5.20. The van der Waals surface area contributed by atoms with E-state index in [0.29, 0.717) is 19.0 Å². The number of hydrogen-bond donors (Lipinski definition) is 2. The first kappa shape index (κ1) is 16.7. The summed E-state index contributed by atoms with van der Waals surface area (Å²) in [6.45, 7) is 1.26. The fourth-order valence-corrected chi connectivity index (χ4v) is 2.70. The molecule has 0 atom stereocenters. The van der Waals surface area contributed by atoms with Crippen molar-refractivity contribution < 1.29 is 0 Å². The zero-order chi connectivity index (χ0) is 14.5. The molecule has 3 N–H and O–H groups in total. The van der Waals surface area contributed by atoms with Crippen LogP contribution in [0.2, 0.25) is 0 Å². The van der Waals surface area contributed by atoms with Gasteiger partial charge in [-0.1, -0.05) is 12.1 Å². The van der Waals surface area contributed by atoms with E-state index in [2.05, 4.69) is 38.6 Å². The lowest BCUT2D eigenvalue weighted by atomic mass is 9.90. The second kappa shape index (κ2) is 8.11. The number of nitrogens with one attached hydrogen (secondary N) is 1. The summed E-state index contributed by atoms with van der Waals surface area (Å²) < 4.78 is 1.74. The highest BCUT2D eigenvalue weighted by Gasteiger charge is 2.12. The van der Waals surface area contributed by atoms with Gasteiger partial charge in [0, 0.05) is 5.69 Å². The molecule has 1 aliphatic carbocycles. The highest BCUT2D eigenvalue weighted by atomic mass is 127. The first-order chi connectivity index (χ1) is 10.3. The predicted octanol–water partition coefficient (Wildman–Crippen LogP) is 2.20. The Morgan fingerprint density at radius 2 is 2.18 bits per heavy atom. The van der Waals surface area contributed by atoms with Gasteiger partial charge >= 0.3 is 0 Å². The van der Waals surface area contributed by atoms with Crippen LogP contribution < -0.4 is 11.1 Å². The van der Waals surface area contributed by atoms with Gasteiger partial charge in [0.15, 0.2) is 5.96 Å². The molecule has 22 heavy (non-hydrogen) atoms. The summed E-state index contributed by atoms with van der Waals surface area (Å²) >= 11 is 0. The van der Waals surface area contributed by atoms with Crippen molar-refractivity contribution in [1.29, 1.82) is 0 Å². The van der Waals surface area contributed by atoms with Gasteiger partial charge in [-0.25, -0.2) is 4.98 Å². The Balaban J connectivity index is 0.00000176. The van der Waals surface area contributed by atoms with Gasteiger partial charge in [0.2, 0.25) is 0 Å². The number of hydrogen-bond acceptors (Lipinski definition) is 3. The molecule has 7 heteroatoms. The van der Waals surface area contributed by atoms with Gasteiger partial charge in [-0.05, 0) is 42.9 Å². The number of nitrogens with two attached hydrogens (primary N) is 1. The molecule has 118 valence electrons. The van der Waals surface area contributed by atoms with Crippen molar-refractivity contribution in [3.05, 3.63) is 42.0 Å². The van der Waals surface area contributed by atoms with Crippen molar-refractivity contribution >= 4 is 35.6 Å². The van der Waals surface area contributed by atoms with E-state index in [0.717, 1.165) is 18.5 Å². The van der Waals surface area contributed by atoms with Gasteiger partial charge < -0.3 is 11.1 Å². The Labute approximate surface area is 147 Å². The van der Waals surface area contributed by atoms with Crippen LogP contribution in [0.25, 0.3) is 0 Å². The molecular weight excluding hydrogens is 391 g/mol. The minimum absolute atomic E-state index is 0. The molecule has 0 aliphatic heterocycles. The minimum atomic E-state index is 0. The maximum atomic E-state index is 5.97. The third-order valence-corrected chi connectivity index (χ3v) is 3.74. The van der Waals surface area contributed by atoms with Crippen molar-refractivity contribution in [3.8, 4) is 0 Å². The van der Waals surface area contributed by atoms with Gasteiger partial charge in [0.1, 0.15) is 12.7 Å². The van der Waals surface area contributed by atoms with E-state index in [1.807, 2.05) is 0 Å². The zero-order valence-electron chi connectivity index (χ0n) is 12.4. The lowest BCUT2D eigenvalue weighted by molar-refractivity contribution is 0.624. The first-order valence-electron chi connectivity index (χ1n) is 7.33. The van der Waals surface area contributed by atoms with Crippen molar-refractivity contribution in [3.63, 3.8) is 0 Å². The van der Waals surface area contributed by atoms with Crippen molar-refractivity contribution in [1.82, 2.24) is 14.8 Å². The number of rotatable bonds is 4. The molecule has 1 aliphatic rings. The predicted molar refractivity (Wildman–Crippen MR) is 98.6 cm³/mol. The number of aliphatic imine (C=N–C) groups is 1. The smallest absolute Gasteiger partial charge is 0.193 e. The number of fused-ring (bicyclic) bond motifs is 1. The molecule has 0 saturated heterocycles. The van der Waals surface area contributed by atoms with E-state index in [-0.39, 0.29) is 24.0 Å². The van der Waals surface area contributed by atoms with Gasteiger partial charge in [-0.2, -0.15) is 5.10 Å². The highest BCUT2D eigenvalue weighted by molar-refractivity contribution is 14.0. The van der Waals surface area contributed by atoms with E-state index in [1.165, 1.54) is 30.3 Å². The Bertz CT molecular complexity index is 623. The fourth-order valence-electron chi connectivity index (χ4n) is 2.70. The lowest BCUT2D eigenvalue weighted by Gasteiger charge is -2.19. The van der Waals surface area contributed by atoms with Crippen molar-refractivity contribution in [2.45, 2.75) is 32.2 Å². The Morgan fingerprint density at radius 1 is 1.32 bits per heavy atom. The molecule has 1 aromatic carbocycles. The van der Waals surface area contributed by atoms with E-state index >= 15 is 0 Å². The summed E-state index contributed by atoms with van der Waals surface area (Å²) in [6, 6.07) is 6.36. The average Bonchev–Trinajstić information content (AvgIpc) is 3.01. The quantitative estimate of drug-likeness (QED) is 0.459. The molecule has 3 rings (SSSR count). The van der Waals surface area contributed by atoms with Gasteiger partial charge in [0.25, 0.3) is 0 Å². The largest absolute Gasteiger partial charge is 0.370 e. The molecule has 6 nitrogen and oxygen atoms in total. The number of anilines is 1. The van der Waals surface area contributed by atoms with E-state index < -0.39 is 0 Å². The molecule has 1 heterocycles. The van der Waals surface area contributed by atoms with Gasteiger partial charge in [-0.3, -0.25) is 9.67 Å². The summed E-state index contributed by atoms with van der Waals surface area (Å²) in [5.41, 5.74) is 9.88. The van der Waals surface area contributed by atoms with Crippen LogP contribution in [0.15, 0.2) is 35.8 Å². The summed E-state index contributed by atoms with van der Waals surface area (Å²) in [5.74, 6) is 0.453. The molecular formula is C15H21IN6. The number of nitrogens with zero attached hydrogens (tertiary/aromatic N) is 4. The number of aryl methyl sites for hydroxylation is 1. The summed E-state index contributed by atoms with van der Waals surface area (Å²) in [4.78, 5) is 8.23. The average molecular weight is 412 g/mol. The molecule has 1 aromatic heterocycles. The van der Waals surface area contributed by atoms with Crippen LogP contribution in [-0.4, -0.2) is 27.3 Å². The topological polar surface area (TPSA) is 81.1 Å². The third kappa shape index (κ3) is 4.19. The minimum Gasteiger partial charge on any atom is -0.370 e. The SMILES string of the molecule is I.NC(=NCCn1cncn1)Nc1cccc2c1CCCC2. The molecule has 2 aromatic rings. The molecule has 0 bridgehead atoms. The van der Waals surface area contributed by atoms with Crippen LogP contribution in [0.3, 0.4) is 0 Å². The van der Waals surface area contributed by atoms with Crippen molar-refractivity contribution in [2.75, 3.05) is 11.9 Å². The monoisotopic (exact) mass is 412 g/mol. The Hall–Kier alpha value is -1.64. The summed E-state index contributed by atoms with van der Waals surface area (Å²) in [6.07, 6.45) is 7.99. The van der Waals surface area contributed by atoms with Gasteiger partial charge in [0.05, 0.1) is 13.1 Å². The zero-order valence-corrected chi connectivity index (χ0v) is 14.7. The van der Waals surface area contributed by atoms with E-state index in [9.17, 15) is 0 Å². The maximum absolute atomic E-state index is 5.97.